The van der Waals surface area contributed by atoms with Gasteiger partial charge >= 0.3 is 29.6 Å². The van der Waals surface area contributed by atoms with E-state index in [1.807, 2.05) is 0 Å². The van der Waals surface area contributed by atoms with Gasteiger partial charge in [-0.15, -0.1) is 0 Å². The van der Waals surface area contributed by atoms with Gasteiger partial charge in [0.1, 0.15) is 0 Å². The van der Waals surface area contributed by atoms with Crippen LogP contribution < -0.4 is 29.6 Å². The minimum atomic E-state index is 0. The van der Waals surface area contributed by atoms with Crippen LogP contribution in [0.3, 0.4) is 0 Å². The Kier molecular flexibility index (Phi) is 15.2. The molecule has 0 unspecified atom stereocenters. The third kappa shape index (κ3) is 14.2. The minimum Gasteiger partial charge on any atom is -0.433 e. The average molecular weight is 198 g/mol. The molecule has 0 saturated carbocycles. The van der Waals surface area contributed by atoms with Crippen molar-refractivity contribution in [2.75, 3.05) is 0 Å². The van der Waals surface area contributed by atoms with Gasteiger partial charge in [0.15, 0.2) is 0 Å². The van der Waals surface area contributed by atoms with Crippen LogP contribution in [-0.2, 0) is 12.6 Å². The molecule has 0 aromatic carbocycles. The van der Waals surface area contributed by atoms with E-state index < -0.39 is 0 Å². The van der Waals surface area contributed by atoms with E-state index in [9.17, 15) is 0 Å². The van der Waals surface area contributed by atoms with E-state index in [2.05, 4.69) is 6.92 Å². The van der Waals surface area contributed by atoms with Crippen molar-refractivity contribution < 1.29 is 29.6 Å². The molecule has 0 aliphatic carbocycles. The van der Waals surface area contributed by atoms with E-state index in [1.54, 1.807) is 0 Å². The second kappa shape index (κ2) is 11.3. The van der Waals surface area contributed by atoms with E-state index in [0.29, 0.717) is 0 Å². The third-order valence-electron chi connectivity index (χ3n) is 1.48. The zero-order chi connectivity index (χ0) is 7.82. The molecule has 0 heterocycles. The second-order valence-electron chi connectivity index (χ2n) is 2.54. The molecule has 0 aromatic rings. The molecular weight excluding hydrogens is 183 g/mol. The van der Waals surface area contributed by atoms with E-state index in [1.165, 1.54) is 32.1 Å². The summed E-state index contributed by atoms with van der Waals surface area (Å²) < 4.78 is 0.747. The molecule has 11 heavy (non-hydrogen) atoms. The fourth-order valence-electron chi connectivity index (χ4n) is 0.873. The normalized spacial score (nSPS) is 8.82. The molecule has 0 aliphatic rings. The maximum absolute atomic E-state index is 4.79. The fourth-order valence-corrected chi connectivity index (χ4v) is 1.16. The van der Waals surface area contributed by atoms with Crippen molar-refractivity contribution >= 4 is 29.0 Å². The van der Waals surface area contributed by atoms with Crippen molar-refractivity contribution in [3.63, 3.8) is 0 Å². The first-order valence-corrected chi connectivity index (χ1v) is 4.79. The van der Waals surface area contributed by atoms with Gasteiger partial charge in [0.2, 0.25) is 0 Å². The molecule has 0 saturated heterocycles. The summed E-state index contributed by atoms with van der Waals surface area (Å²) in [5, 5.41) is 0. The first kappa shape index (κ1) is 14.8. The van der Waals surface area contributed by atoms with Crippen molar-refractivity contribution in [2.45, 2.75) is 45.4 Å². The van der Waals surface area contributed by atoms with E-state index >= 15 is 0 Å². The zero-order valence-electron chi connectivity index (χ0n) is 7.56. The van der Waals surface area contributed by atoms with E-state index in [-0.39, 0.29) is 29.6 Å². The van der Waals surface area contributed by atoms with Crippen molar-refractivity contribution in [3.05, 3.63) is 0 Å². The van der Waals surface area contributed by atoms with Gasteiger partial charge in [0.05, 0.1) is 0 Å². The molecule has 0 rings (SSSR count). The smallest absolute Gasteiger partial charge is 0.433 e. The molecule has 0 radical (unpaired) electrons. The van der Waals surface area contributed by atoms with Crippen LogP contribution in [0.5, 0.6) is 0 Å². The predicted molar refractivity (Wildman–Crippen MR) is 53.3 cm³/mol. The largest absolute Gasteiger partial charge is 1.00 e. The molecule has 60 valence electrons. The third-order valence-corrected chi connectivity index (χ3v) is 1.89. The van der Waals surface area contributed by atoms with Crippen LogP contribution in [0.1, 0.15) is 45.4 Å². The summed E-state index contributed by atoms with van der Waals surface area (Å²) in [4.78, 5) is 0. The Balaban J connectivity index is 0. The first-order chi connectivity index (χ1) is 4.77. The van der Waals surface area contributed by atoms with Crippen LogP contribution in [0, 0.1) is 0 Å². The van der Waals surface area contributed by atoms with Crippen molar-refractivity contribution in [1.82, 2.24) is 0 Å². The van der Waals surface area contributed by atoms with Gasteiger partial charge < -0.3 is 24.8 Å². The molecule has 0 aromatic heterocycles. The summed E-state index contributed by atoms with van der Waals surface area (Å²) in [7, 11) is 0. The summed E-state index contributed by atoms with van der Waals surface area (Å²) in [6.07, 6.45) is 7.46. The first-order valence-electron chi connectivity index (χ1n) is 3.97. The van der Waals surface area contributed by atoms with Gasteiger partial charge in [-0.2, -0.15) is 4.20 Å². The summed E-state index contributed by atoms with van der Waals surface area (Å²) in [5.74, 6) is 0. The molecule has 0 nitrogen and oxygen atoms in total. The Hall–Kier alpha value is 1.31. The molecule has 3 heteroatoms. The Morgan fingerprint density at radius 2 is 1.73 bits per heavy atom. The standard InChI is InChI=1S/C8H16S2.Na/c1-2-3-4-5-6-7-8(9)10;/h2-7H2,1H3,(H,9,10);/q;+1/p-1. The SMILES string of the molecule is CCCCCCCC(=S)[S-].[Na+]. The molecule has 0 atom stereocenters. The Labute approximate surface area is 103 Å². The average Bonchev–Trinajstić information content (AvgIpc) is 1.87. The molecule has 0 bridgehead atoms. The fraction of sp³-hybridized carbons (Fsp3) is 0.875. The van der Waals surface area contributed by atoms with Crippen LogP contribution in [0.4, 0.5) is 0 Å². The van der Waals surface area contributed by atoms with Crippen LogP contribution >= 0.6 is 12.2 Å². The number of unbranched alkanes of at least 4 members (excludes halogenated alkanes) is 4. The van der Waals surface area contributed by atoms with E-state index in [0.717, 1.165) is 10.6 Å². The predicted octanol–water partition coefficient (Wildman–Crippen LogP) is 0.225. The van der Waals surface area contributed by atoms with Crippen molar-refractivity contribution in [2.24, 2.45) is 0 Å². The molecule has 0 aliphatic heterocycles. The number of rotatable bonds is 6. The summed E-state index contributed by atoms with van der Waals surface area (Å²) in [5.41, 5.74) is 0. The van der Waals surface area contributed by atoms with Gasteiger partial charge in [0.25, 0.3) is 0 Å². The number of thiocarbonyl (C=S) groups is 1. The maximum Gasteiger partial charge on any atom is 1.00 e. The molecular formula is C8H15NaS2. The molecule has 0 N–H and O–H groups in total. The van der Waals surface area contributed by atoms with Crippen LogP contribution in [0.25, 0.3) is 0 Å². The Bertz CT molecular complexity index is 94.1. The van der Waals surface area contributed by atoms with Gasteiger partial charge in [-0.1, -0.05) is 39.0 Å². The second-order valence-corrected chi connectivity index (χ2v) is 3.78. The Morgan fingerprint density at radius 3 is 2.18 bits per heavy atom. The van der Waals surface area contributed by atoms with Gasteiger partial charge in [-0.3, -0.25) is 0 Å². The summed E-state index contributed by atoms with van der Waals surface area (Å²) in [6.45, 7) is 2.22. The summed E-state index contributed by atoms with van der Waals surface area (Å²) in [6, 6.07) is 0. The molecule has 0 amide bonds. The zero-order valence-corrected chi connectivity index (χ0v) is 11.2. The monoisotopic (exact) mass is 198 g/mol. The van der Waals surface area contributed by atoms with Gasteiger partial charge in [0, 0.05) is 0 Å². The van der Waals surface area contributed by atoms with Crippen molar-refractivity contribution in [1.29, 1.82) is 0 Å². The van der Waals surface area contributed by atoms with Crippen LogP contribution in [0.2, 0.25) is 0 Å². The van der Waals surface area contributed by atoms with Gasteiger partial charge in [-0.25, -0.2) is 0 Å². The molecule has 0 fully saturated rings. The maximum atomic E-state index is 4.79. The molecule has 0 spiro atoms. The topological polar surface area (TPSA) is 0 Å². The Morgan fingerprint density at radius 1 is 1.18 bits per heavy atom. The number of hydrogen-bond donors (Lipinski definition) is 0. The van der Waals surface area contributed by atoms with Crippen LogP contribution in [0.15, 0.2) is 0 Å². The number of hydrogen-bond acceptors (Lipinski definition) is 2. The van der Waals surface area contributed by atoms with E-state index in [4.69, 9.17) is 24.8 Å². The summed E-state index contributed by atoms with van der Waals surface area (Å²) >= 11 is 9.58. The minimum absolute atomic E-state index is 0. The van der Waals surface area contributed by atoms with Crippen LogP contribution in [-0.4, -0.2) is 4.20 Å². The quantitative estimate of drug-likeness (QED) is 0.259. The van der Waals surface area contributed by atoms with Crippen molar-refractivity contribution in [3.8, 4) is 0 Å². The van der Waals surface area contributed by atoms with Gasteiger partial charge in [-0.05, 0) is 6.42 Å².